The van der Waals surface area contributed by atoms with Crippen LogP contribution in [0.25, 0.3) is 11.3 Å². The molecule has 6 nitrogen and oxygen atoms in total. The molecule has 0 radical (unpaired) electrons. The lowest BCUT2D eigenvalue weighted by Crippen LogP contribution is -2.09. The van der Waals surface area contributed by atoms with Gasteiger partial charge in [0, 0.05) is 18.3 Å². The minimum atomic E-state index is -0.325. The summed E-state index contributed by atoms with van der Waals surface area (Å²) in [5.41, 5.74) is 2.23. The summed E-state index contributed by atoms with van der Waals surface area (Å²) < 4.78 is 5.17. The molecule has 1 aromatic carbocycles. The van der Waals surface area contributed by atoms with Crippen LogP contribution in [0.15, 0.2) is 34.9 Å². The van der Waals surface area contributed by atoms with Gasteiger partial charge in [0.05, 0.1) is 6.07 Å². The molecule has 21 heavy (non-hydrogen) atoms. The Hall–Kier alpha value is -2.81. The monoisotopic (exact) mass is 286 g/mol. The van der Waals surface area contributed by atoms with Crippen LogP contribution in [0, 0.1) is 11.3 Å². The van der Waals surface area contributed by atoms with Crippen LogP contribution < -0.4 is 10.6 Å². The Kier molecular flexibility index (Phi) is 6.48. The van der Waals surface area contributed by atoms with E-state index in [0.717, 1.165) is 5.56 Å². The summed E-state index contributed by atoms with van der Waals surface area (Å²) in [4.78, 5) is 15.5. The zero-order chi connectivity index (χ0) is 15.7. The molecule has 2 aromatic rings. The number of anilines is 2. The third kappa shape index (κ3) is 4.66. The Morgan fingerprint density at radius 1 is 1.33 bits per heavy atom. The second-order valence-electron chi connectivity index (χ2n) is 3.75. The highest BCUT2D eigenvalue weighted by atomic mass is 16.4. The standard InChI is InChI=1S/C13H12N4O2.C2H6/c1-15-13-17-11(8-19-13)9-2-4-10(5-3-9)16-12(18)6-7-14;1-2/h2-5,8H,6H2,1H3,(H,15,17)(H,16,18);1-2H3. The van der Waals surface area contributed by atoms with Crippen LogP contribution in [0.4, 0.5) is 11.7 Å². The van der Waals surface area contributed by atoms with E-state index in [1.807, 2.05) is 26.0 Å². The summed E-state index contributed by atoms with van der Waals surface area (Å²) >= 11 is 0. The number of amides is 1. The highest BCUT2D eigenvalue weighted by Gasteiger charge is 2.06. The molecule has 0 aliphatic heterocycles. The Labute approximate surface area is 123 Å². The van der Waals surface area contributed by atoms with Gasteiger partial charge in [-0.3, -0.25) is 4.79 Å². The molecule has 2 rings (SSSR count). The van der Waals surface area contributed by atoms with Crippen molar-refractivity contribution in [2.24, 2.45) is 0 Å². The number of benzene rings is 1. The fourth-order valence-electron chi connectivity index (χ4n) is 1.52. The van der Waals surface area contributed by atoms with Gasteiger partial charge < -0.3 is 15.1 Å². The number of carbonyl (C=O) groups excluding carboxylic acids is 1. The van der Waals surface area contributed by atoms with E-state index >= 15 is 0 Å². The summed E-state index contributed by atoms with van der Waals surface area (Å²) in [7, 11) is 1.73. The van der Waals surface area contributed by atoms with Crippen LogP contribution in [-0.2, 0) is 4.79 Å². The summed E-state index contributed by atoms with van der Waals surface area (Å²) in [6, 6.07) is 9.37. The van der Waals surface area contributed by atoms with Crippen molar-refractivity contribution in [3.05, 3.63) is 30.5 Å². The number of nitrogens with zero attached hydrogens (tertiary/aromatic N) is 2. The van der Waals surface area contributed by atoms with Crippen LogP contribution in [0.5, 0.6) is 0 Å². The number of rotatable bonds is 4. The molecule has 110 valence electrons. The van der Waals surface area contributed by atoms with Crippen LogP contribution in [0.3, 0.4) is 0 Å². The van der Waals surface area contributed by atoms with Crippen molar-refractivity contribution in [2.45, 2.75) is 20.3 Å². The fraction of sp³-hybridized carbons (Fsp3) is 0.267. The number of hydrogen-bond donors (Lipinski definition) is 2. The van der Waals surface area contributed by atoms with Crippen LogP contribution >= 0.6 is 0 Å². The van der Waals surface area contributed by atoms with Crippen molar-refractivity contribution in [2.75, 3.05) is 17.7 Å². The molecule has 1 aromatic heterocycles. The van der Waals surface area contributed by atoms with Gasteiger partial charge in [0.2, 0.25) is 5.91 Å². The molecule has 6 heteroatoms. The molecule has 2 N–H and O–H groups in total. The highest BCUT2D eigenvalue weighted by molar-refractivity contribution is 5.92. The van der Waals surface area contributed by atoms with Crippen molar-refractivity contribution < 1.29 is 9.21 Å². The number of oxazole rings is 1. The summed E-state index contributed by atoms with van der Waals surface area (Å²) in [5.74, 6) is -0.325. The van der Waals surface area contributed by atoms with Gasteiger partial charge in [-0.25, -0.2) is 0 Å². The summed E-state index contributed by atoms with van der Waals surface area (Å²) in [6.07, 6.45) is 1.39. The van der Waals surface area contributed by atoms with Crippen molar-refractivity contribution in [1.82, 2.24) is 4.98 Å². The van der Waals surface area contributed by atoms with Gasteiger partial charge in [0.25, 0.3) is 6.01 Å². The molecule has 0 atom stereocenters. The minimum absolute atomic E-state index is 0.156. The smallest absolute Gasteiger partial charge is 0.294 e. The first-order valence-electron chi connectivity index (χ1n) is 6.63. The third-order valence-electron chi connectivity index (χ3n) is 2.42. The van der Waals surface area contributed by atoms with Gasteiger partial charge in [-0.1, -0.05) is 26.0 Å². The molecule has 0 bridgehead atoms. The molecular formula is C15H18N4O2. The lowest BCUT2D eigenvalue weighted by Gasteiger charge is -2.03. The first-order valence-corrected chi connectivity index (χ1v) is 6.63. The molecule has 0 unspecified atom stereocenters. The lowest BCUT2D eigenvalue weighted by atomic mass is 10.1. The predicted octanol–water partition coefficient (Wildman–Crippen LogP) is 3.26. The van der Waals surface area contributed by atoms with Crippen molar-refractivity contribution in [1.29, 1.82) is 5.26 Å². The Morgan fingerprint density at radius 2 is 2.00 bits per heavy atom. The average Bonchev–Trinajstić information content (AvgIpc) is 2.99. The Bertz CT molecular complexity index is 611. The van der Waals surface area contributed by atoms with E-state index in [2.05, 4.69) is 15.6 Å². The maximum Gasteiger partial charge on any atom is 0.294 e. The fourth-order valence-corrected chi connectivity index (χ4v) is 1.52. The number of hydrogen-bond acceptors (Lipinski definition) is 5. The largest absolute Gasteiger partial charge is 0.432 e. The highest BCUT2D eigenvalue weighted by Crippen LogP contribution is 2.22. The zero-order valence-electron chi connectivity index (χ0n) is 12.3. The van der Waals surface area contributed by atoms with Crippen LogP contribution in [-0.4, -0.2) is 17.9 Å². The molecule has 0 spiro atoms. The first kappa shape index (κ1) is 16.2. The maximum absolute atomic E-state index is 11.2. The third-order valence-corrected chi connectivity index (χ3v) is 2.42. The molecule has 0 fully saturated rings. The minimum Gasteiger partial charge on any atom is -0.432 e. The van der Waals surface area contributed by atoms with E-state index in [-0.39, 0.29) is 12.3 Å². The number of nitrogens with one attached hydrogen (secondary N) is 2. The van der Waals surface area contributed by atoms with E-state index in [0.29, 0.717) is 17.4 Å². The summed E-state index contributed by atoms with van der Waals surface area (Å²) in [6.45, 7) is 4.00. The molecule has 0 saturated carbocycles. The maximum atomic E-state index is 11.2. The van der Waals surface area contributed by atoms with Gasteiger partial charge in [0.1, 0.15) is 18.4 Å². The van der Waals surface area contributed by atoms with Gasteiger partial charge in [-0.05, 0) is 12.1 Å². The van der Waals surface area contributed by atoms with E-state index in [9.17, 15) is 4.79 Å². The van der Waals surface area contributed by atoms with E-state index < -0.39 is 0 Å². The van der Waals surface area contributed by atoms with Gasteiger partial charge >= 0.3 is 0 Å². The molecule has 0 aliphatic carbocycles. The number of aromatic nitrogens is 1. The average molecular weight is 286 g/mol. The zero-order valence-corrected chi connectivity index (χ0v) is 12.3. The summed E-state index contributed by atoms with van der Waals surface area (Å²) in [5, 5.41) is 13.8. The topological polar surface area (TPSA) is 91.0 Å². The molecule has 0 saturated heterocycles. The van der Waals surface area contributed by atoms with Crippen LogP contribution in [0.2, 0.25) is 0 Å². The van der Waals surface area contributed by atoms with Crippen molar-refractivity contribution in [3.63, 3.8) is 0 Å². The second-order valence-corrected chi connectivity index (χ2v) is 3.75. The van der Waals surface area contributed by atoms with Gasteiger partial charge in [-0.2, -0.15) is 10.2 Å². The van der Waals surface area contributed by atoms with E-state index in [1.165, 1.54) is 0 Å². The SMILES string of the molecule is CC.CNc1nc(-c2ccc(NC(=O)CC#N)cc2)co1. The Balaban J connectivity index is 0.00000106. The first-order chi connectivity index (χ1) is 10.2. The van der Waals surface area contributed by atoms with E-state index in [1.54, 1.807) is 31.5 Å². The van der Waals surface area contributed by atoms with Gasteiger partial charge in [-0.15, -0.1) is 0 Å². The molecule has 1 heterocycles. The van der Waals surface area contributed by atoms with Crippen molar-refractivity contribution >= 4 is 17.6 Å². The van der Waals surface area contributed by atoms with E-state index in [4.69, 9.17) is 9.68 Å². The normalized spacial score (nSPS) is 9.05. The predicted molar refractivity (Wildman–Crippen MR) is 81.7 cm³/mol. The van der Waals surface area contributed by atoms with Gasteiger partial charge in [0.15, 0.2) is 0 Å². The molecule has 1 amide bonds. The Morgan fingerprint density at radius 3 is 2.52 bits per heavy atom. The quantitative estimate of drug-likeness (QED) is 0.900. The molecule has 0 aliphatic rings. The second kappa shape index (κ2) is 8.38. The molecular weight excluding hydrogens is 268 g/mol. The number of carbonyl (C=O) groups is 1. The van der Waals surface area contributed by atoms with Crippen LogP contribution in [0.1, 0.15) is 20.3 Å². The van der Waals surface area contributed by atoms with Crippen molar-refractivity contribution in [3.8, 4) is 17.3 Å². The number of nitriles is 1. The lowest BCUT2D eigenvalue weighted by molar-refractivity contribution is -0.115.